The van der Waals surface area contributed by atoms with Gasteiger partial charge in [0, 0.05) is 22.3 Å². The number of nitrogens with one attached hydrogen (secondary N) is 1. The largest absolute Gasteiger partial charge is 0.481 e. The zero-order valence-electron chi connectivity index (χ0n) is 11.4. The molecule has 2 unspecified atom stereocenters. The molecule has 0 aliphatic heterocycles. The van der Waals surface area contributed by atoms with Gasteiger partial charge in [0.1, 0.15) is 0 Å². The van der Waals surface area contributed by atoms with Crippen LogP contribution in [0, 0.1) is 5.92 Å². The molecule has 3 nitrogen and oxygen atoms in total. The Labute approximate surface area is 125 Å². The molecule has 0 spiro atoms. The van der Waals surface area contributed by atoms with Gasteiger partial charge < -0.3 is 10.4 Å². The van der Waals surface area contributed by atoms with E-state index in [9.17, 15) is 18.0 Å². The highest BCUT2D eigenvalue weighted by atomic mass is 32.1. The third kappa shape index (κ3) is 5.00. The van der Waals surface area contributed by atoms with Gasteiger partial charge in [-0.1, -0.05) is 6.42 Å². The minimum atomic E-state index is -4.10. The first-order valence-corrected chi connectivity index (χ1v) is 7.75. The highest BCUT2D eigenvalue weighted by molar-refractivity contribution is 7.12. The van der Waals surface area contributed by atoms with Gasteiger partial charge in [-0.15, -0.1) is 11.3 Å². The van der Waals surface area contributed by atoms with Gasteiger partial charge in [0.15, 0.2) is 0 Å². The summed E-state index contributed by atoms with van der Waals surface area (Å²) in [5.41, 5.74) is 0. The van der Waals surface area contributed by atoms with Crippen LogP contribution < -0.4 is 5.32 Å². The highest BCUT2D eigenvalue weighted by Crippen LogP contribution is 2.37. The third-order valence-corrected chi connectivity index (χ3v) is 4.83. The quantitative estimate of drug-likeness (QED) is 0.871. The summed E-state index contributed by atoms with van der Waals surface area (Å²) in [7, 11) is 0. The molecule has 0 aromatic carbocycles. The standard InChI is InChI=1S/C14H18F3NO2S/c15-14(16,17)9-2-1-3-10(6-9)18-8-12-5-4-11(21-12)7-13(19)20/h4-5,9-10,18H,1-3,6-8H2,(H,19,20). The molecule has 0 bridgehead atoms. The van der Waals surface area contributed by atoms with Crippen LogP contribution in [0.2, 0.25) is 0 Å². The fraction of sp³-hybridized carbons (Fsp3) is 0.643. The molecule has 21 heavy (non-hydrogen) atoms. The van der Waals surface area contributed by atoms with E-state index in [0.29, 0.717) is 13.0 Å². The Kier molecular flexibility index (Phi) is 5.27. The van der Waals surface area contributed by atoms with E-state index in [1.807, 2.05) is 6.07 Å². The molecule has 0 amide bonds. The van der Waals surface area contributed by atoms with E-state index in [1.165, 1.54) is 11.3 Å². The van der Waals surface area contributed by atoms with Gasteiger partial charge >= 0.3 is 12.1 Å². The van der Waals surface area contributed by atoms with Crippen LogP contribution in [0.25, 0.3) is 0 Å². The van der Waals surface area contributed by atoms with Crippen molar-refractivity contribution in [2.45, 2.75) is 50.9 Å². The molecule has 1 aliphatic carbocycles. The number of alkyl halides is 3. The summed E-state index contributed by atoms with van der Waals surface area (Å²) < 4.78 is 38.2. The maximum absolute atomic E-state index is 12.7. The smallest absolute Gasteiger partial charge is 0.391 e. The van der Waals surface area contributed by atoms with E-state index < -0.39 is 18.1 Å². The van der Waals surface area contributed by atoms with Gasteiger partial charge in [0.25, 0.3) is 0 Å². The van der Waals surface area contributed by atoms with Gasteiger partial charge in [-0.3, -0.25) is 4.79 Å². The van der Waals surface area contributed by atoms with E-state index in [4.69, 9.17) is 5.11 Å². The lowest BCUT2D eigenvalue weighted by Crippen LogP contribution is -2.38. The van der Waals surface area contributed by atoms with Gasteiger partial charge in [0.2, 0.25) is 0 Å². The SMILES string of the molecule is O=C(O)Cc1ccc(CNC2CCCC(C(F)(F)F)C2)s1. The Bertz CT molecular complexity index is 487. The Hall–Kier alpha value is -1.08. The maximum atomic E-state index is 12.7. The first-order valence-electron chi connectivity index (χ1n) is 6.94. The molecule has 2 N–H and O–H groups in total. The number of hydrogen-bond donors (Lipinski definition) is 2. The minimum Gasteiger partial charge on any atom is -0.481 e. The van der Waals surface area contributed by atoms with E-state index in [1.54, 1.807) is 6.07 Å². The molecular weight excluding hydrogens is 303 g/mol. The van der Waals surface area contributed by atoms with Crippen molar-refractivity contribution < 1.29 is 23.1 Å². The van der Waals surface area contributed by atoms with E-state index in [0.717, 1.165) is 16.2 Å². The van der Waals surface area contributed by atoms with Crippen LogP contribution in [0.1, 0.15) is 35.4 Å². The van der Waals surface area contributed by atoms with Crippen LogP contribution in [0.3, 0.4) is 0 Å². The maximum Gasteiger partial charge on any atom is 0.391 e. The van der Waals surface area contributed by atoms with Crippen molar-refractivity contribution in [2.75, 3.05) is 0 Å². The summed E-state index contributed by atoms with van der Waals surface area (Å²) >= 11 is 1.39. The number of aliphatic carboxylic acids is 1. The predicted molar refractivity (Wildman–Crippen MR) is 74.3 cm³/mol. The number of carbonyl (C=O) groups is 1. The molecule has 2 rings (SSSR count). The number of halogens is 3. The Morgan fingerprint density at radius 1 is 1.33 bits per heavy atom. The molecular formula is C14H18F3NO2S. The first-order chi connectivity index (χ1) is 9.84. The predicted octanol–water partition coefficient (Wildman–Crippen LogP) is 3.59. The van der Waals surface area contributed by atoms with E-state index in [2.05, 4.69) is 5.32 Å². The summed E-state index contributed by atoms with van der Waals surface area (Å²) in [6, 6.07) is 3.48. The molecule has 1 aliphatic rings. The van der Waals surface area contributed by atoms with Crippen molar-refractivity contribution >= 4 is 17.3 Å². The summed E-state index contributed by atoms with van der Waals surface area (Å²) in [6.07, 6.45) is -2.39. The molecule has 1 heterocycles. The topological polar surface area (TPSA) is 49.3 Å². The normalized spacial score (nSPS) is 23.2. The van der Waals surface area contributed by atoms with Gasteiger partial charge in [-0.2, -0.15) is 13.2 Å². The van der Waals surface area contributed by atoms with Crippen LogP contribution in [0.15, 0.2) is 12.1 Å². The number of carboxylic acids is 1. The molecule has 1 fully saturated rings. The Morgan fingerprint density at radius 2 is 2.05 bits per heavy atom. The first kappa shape index (κ1) is 16.3. The number of carboxylic acid groups (broad SMARTS) is 1. The lowest BCUT2D eigenvalue weighted by atomic mass is 9.85. The molecule has 1 aromatic heterocycles. The van der Waals surface area contributed by atoms with Crippen LogP contribution in [-0.2, 0) is 17.8 Å². The summed E-state index contributed by atoms with van der Waals surface area (Å²) in [4.78, 5) is 12.3. The summed E-state index contributed by atoms with van der Waals surface area (Å²) in [5, 5.41) is 11.9. The molecule has 1 aromatic rings. The second kappa shape index (κ2) is 6.79. The Balaban J connectivity index is 1.82. The molecule has 7 heteroatoms. The minimum absolute atomic E-state index is 0.00968. The Morgan fingerprint density at radius 3 is 2.71 bits per heavy atom. The average Bonchev–Trinajstić information content (AvgIpc) is 2.82. The fourth-order valence-corrected chi connectivity index (χ4v) is 3.64. The van der Waals surface area contributed by atoms with Crippen molar-refractivity contribution in [3.05, 3.63) is 21.9 Å². The van der Waals surface area contributed by atoms with Crippen molar-refractivity contribution in [2.24, 2.45) is 5.92 Å². The van der Waals surface area contributed by atoms with Crippen LogP contribution >= 0.6 is 11.3 Å². The molecule has 2 atom stereocenters. The monoisotopic (exact) mass is 321 g/mol. The van der Waals surface area contributed by atoms with Crippen molar-refractivity contribution in [3.8, 4) is 0 Å². The van der Waals surface area contributed by atoms with Crippen molar-refractivity contribution in [1.29, 1.82) is 0 Å². The van der Waals surface area contributed by atoms with E-state index in [-0.39, 0.29) is 25.3 Å². The summed E-state index contributed by atoms with van der Waals surface area (Å²) in [5.74, 6) is -2.08. The molecule has 0 radical (unpaired) electrons. The lowest BCUT2D eigenvalue weighted by Gasteiger charge is -2.31. The average molecular weight is 321 g/mol. The van der Waals surface area contributed by atoms with Crippen LogP contribution in [0.4, 0.5) is 13.2 Å². The van der Waals surface area contributed by atoms with Gasteiger partial charge in [0.05, 0.1) is 12.3 Å². The number of hydrogen-bond acceptors (Lipinski definition) is 3. The number of rotatable bonds is 5. The molecule has 1 saturated carbocycles. The second-order valence-electron chi connectivity index (χ2n) is 5.42. The van der Waals surface area contributed by atoms with Gasteiger partial charge in [-0.05, 0) is 31.4 Å². The van der Waals surface area contributed by atoms with Crippen LogP contribution in [0.5, 0.6) is 0 Å². The van der Waals surface area contributed by atoms with Crippen LogP contribution in [-0.4, -0.2) is 23.3 Å². The van der Waals surface area contributed by atoms with Crippen molar-refractivity contribution in [3.63, 3.8) is 0 Å². The van der Waals surface area contributed by atoms with Gasteiger partial charge in [-0.25, -0.2) is 0 Å². The molecule has 0 saturated heterocycles. The highest BCUT2D eigenvalue weighted by Gasteiger charge is 2.41. The summed E-state index contributed by atoms with van der Waals surface area (Å²) in [6.45, 7) is 0.500. The second-order valence-corrected chi connectivity index (χ2v) is 6.67. The van der Waals surface area contributed by atoms with E-state index >= 15 is 0 Å². The van der Waals surface area contributed by atoms with Crippen molar-refractivity contribution in [1.82, 2.24) is 5.32 Å². The zero-order chi connectivity index (χ0) is 15.5. The number of thiophene rings is 1. The fourth-order valence-electron chi connectivity index (χ4n) is 2.68. The zero-order valence-corrected chi connectivity index (χ0v) is 12.3. The lowest BCUT2D eigenvalue weighted by molar-refractivity contribution is -0.183. The third-order valence-electron chi connectivity index (χ3n) is 3.74. The molecule has 118 valence electrons.